The van der Waals surface area contributed by atoms with Crippen molar-refractivity contribution in [1.82, 2.24) is 4.98 Å². The molecule has 1 aliphatic heterocycles. The highest BCUT2D eigenvalue weighted by Crippen LogP contribution is 2.26. The van der Waals surface area contributed by atoms with Gasteiger partial charge in [0, 0.05) is 30.2 Å². The van der Waals surface area contributed by atoms with Crippen LogP contribution in [-0.2, 0) is 4.74 Å². The van der Waals surface area contributed by atoms with Crippen LogP contribution in [0.1, 0.15) is 17.8 Å². The van der Waals surface area contributed by atoms with Gasteiger partial charge in [-0.05, 0) is 6.92 Å². The second-order valence-corrected chi connectivity index (χ2v) is 4.47. The first-order chi connectivity index (χ1) is 6.77. The first-order valence-corrected chi connectivity index (χ1v) is 5.63. The van der Waals surface area contributed by atoms with E-state index in [1.54, 1.807) is 11.3 Å². The summed E-state index contributed by atoms with van der Waals surface area (Å²) in [4.78, 5) is 7.76. The van der Waals surface area contributed by atoms with Gasteiger partial charge in [0.25, 0.3) is 0 Å². The average molecular weight is 213 g/mol. The third-order valence-corrected chi connectivity index (χ3v) is 3.50. The molecular weight excluding hydrogens is 198 g/mol. The molecule has 0 unspecified atom stereocenters. The number of rotatable bonds is 2. The lowest BCUT2D eigenvalue weighted by Gasteiger charge is -2.26. The third kappa shape index (κ3) is 2.05. The van der Waals surface area contributed by atoms with Crippen molar-refractivity contribution < 1.29 is 4.74 Å². The summed E-state index contributed by atoms with van der Waals surface area (Å²) in [5.74, 6) is 0. The molecule has 0 aliphatic carbocycles. The van der Waals surface area contributed by atoms with Crippen molar-refractivity contribution in [2.45, 2.75) is 13.0 Å². The highest BCUT2D eigenvalue weighted by atomic mass is 32.1. The van der Waals surface area contributed by atoms with Crippen molar-refractivity contribution >= 4 is 16.5 Å². The maximum atomic E-state index is 5.78. The van der Waals surface area contributed by atoms with E-state index in [-0.39, 0.29) is 6.04 Å². The minimum Gasteiger partial charge on any atom is -0.378 e. The monoisotopic (exact) mass is 213 g/mol. The zero-order chi connectivity index (χ0) is 9.97. The number of aromatic nitrogens is 1. The Balaban J connectivity index is 2.07. The minimum absolute atomic E-state index is 0.0855. The molecule has 78 valence electrons. The summed E-state index contributed by atoms with van der Waals surface area (Å²) in [5, 5.41) is 1.07. The molecule has 0 saturated carbocycles. The molecule has 1 saturated heterocycles. The molecule has 2 N–H and O–H groups in total. The van der Waals surface area contributed by atoms with Gasteiger partial charge < -0.3 is 15.4 Å². The molecule has 1 aromatic heterocycles. The lowest BCUT2D eigenvalue weighted by Crippen LogP contribution is -2.36. The largest absolute Gasteiger partial charge is 0.378 e. The number of hydrogen-bond acceptors (Lipinski definition) is 5. The molecule has 1 fully saturated rings. The summed E-state index contributed by atoms with van der Waals surface area (Å²) >= 11 is 1.68. The van der Waals surface area contributed by atoms with E-state index in [9.17, 15) is 0 Å². The SMILES string of the molecule is C[C@H](N)c1cnc(N2CCOCC2)s1. The van der Waals surface area contributed by atoms with Crippen molar-refractivity contribution in [3.63, 3.8) is 0 Å². The van der Waals surface area contributed by atoms with Gasteiger partial charge in [-0.15, -0.1) is 11.3 Å². The molecule has 1 atom stereocenters. The quantitative estimate of drug-likeness (QED) is 0.796. The van der Waals surface area contributed by atoms with Crippen molar-refractivity contribution in [2.24, 2.45) is 5.73 Å². The van der Waals surface area contributed by atoms with Crippen LogP contribution in [0.5, 0.6) is 0 Å². The van der Waals surface area contributed by atoms with Gasteiger partial charge in [0.15, 0.2) is 5.13 Å². The van der Waals surface area contributed by atoms with Crippen molar-refractivity contribution in [2.75, 3.05) is 31.2 Å². The first-order valence-electron chi connectivity index (χ1n) is 4.81. The Labute approximate surface area is 87.7 Å². The van der Waals surface area contributed by atoms with E-state index in [0.29, 0.717) is 0 Å². The summed E-state index contributed by atoms with van der Waals surface area (Å²) in [6.45, 7) is 5.45. The summed E-state index contributed by atoms with van der Waals surface area (Å²) < 4.78 is 5.29. The number of morpholine rings is 1. The second-order valence-electron chi connectivity index (χ2n) is 3.43. The average Bonchev–Trinajstić information content (AvgIpc) is 2.68. The third-order valence-electron chi connectivity index (χ3n) is 2.24. The van der Waals surface area contributed by atoms with Gasteiger partial charge in [0.1, 0.15) is 0 Å². The fourth-order valence-electron chi connectivity index (χ4n) is 1.39. The van der Waals surface area contributed by atoms with E-state index in [2.05, 4.69) is 9.88 Å². The van der Waals surface area contributed by atoms with Crippen LogP contribution in [0.15, 0.2) is 6.20 Å². The Morgan fingerprint density at radius 1 is 1.57 bits per heavy atom. The highest BCUT2D eigenvalue weighted by molar-refractivity contribution is 7.15. The Morgan fingerprint density at radius 2 is 2.29 bits per heavy atom. The molecular formula is C9H15N3OS. The molecule has 1 aromatic rings. The molecule has 2 heterocycles. The number of hydrogen-bond donors (Lipinski definition) is 1. The molecule has 0 aromatic carbocycles. The standard InChI is InChI=1S/C9H15N3OS/c1-7(10)8-6-11-9(14-8)12-2-4-13-5-3-12/h6-7H,2-5,10H2,1H3/t7-/m0/s1. The van der Waals surface area contributed by atoms with E-state index in [1.807, 2.05) is 13.1 Å². The van der Waals surface area contributed by atoms with Crippen molar-refractivity contribution in [3.05, 3.63) is 11.1 Å². The Morgan fingerprint density at radius 3 is 2.86 bits per heavy atom. The van der Waals surface area contributed by atoms with Gasteiger partial charge in [-0.2, -0.15) is 0 Å². The normalized spacial score (nSPS) is 19.7. The van der Waals surface area contributed by atoms with Gasteiger partial charge in [0.2, 0.25) is 0 Å². The van der Waals surface area contributed by atoms with Crippen LogP contribution in [0.3, 0.4) is 0 Å². The Kier molecular flexibility index (Phi) is 3.00. The first kappa shape index (κ1) is 9.89. The Hall–Kier alpha value is -0.650. The summed E-state index contributed by atoms with van der Waals surface area (Å²) in [5.41, 5.74) is 5.78. The van der Waals surface area contributed by atoms with Gasteiger partial charge in [-0.1, -0.05) is 0 Å². The van der Waals surface area contributed by atoms with Crippen LogP contribution in [0, 0.1) is 0 Å². The van der Waals surface area contributed by atoms with Crippen molar-refractivity contribution in [1.29, 1.82) is 0 Å². The van der Waals surface area contributed by atoms with Gasteiger partial charge in [-0.25, -0.2) is 4.98 Å². The number of ether oxygens (including phenoxy) is 1. The molecule has 4 nitrogen and oxygen atoms in total. The lowest BCUT2D eigenvalue weighted by molar-refractivity contribution is 0.122. The second kappa shape index (κ2) is 4.25. The predicted molar refractivity (Wildman–Crippen MR) is 57.7 cm³/mol. The molecule has 5 heteroatoms. The van der Waals surface area contributed by atoms with Gasteiger partial charge in [0.05, 0.1) is 13.2 Å². The van der Waals surface area contributed by atoms with Crippen LogP contribution < -0.4 is 10.6 Å². The molecule has 0 bridgehead atoms. The van der Waals surface area contributed by atoms with Crippen LogP contribution in [-0.4, -0.2) is 31.3 Å². The molecule has 0 amide bonds. The van der Waals surface area contributed by atoms with Crippen molar-refractivity contribution in [3.8, 4) is 0 Å². The smallest absolute Gasteiger partial charge is 0.185 e. The van der Waals surface area contributed by atoms with E-state index in [1.165, 1.54) is 0 Å². The van der Waals surface area contributed by atoms with E-state index in [0.717, 1.165) is 36.3 Å². The molecule has 0 spiro atoms. The van der Waals surface area contributed by atoms with Gasteiger partial charge in [-0.3, -0.25) is 0 Å². The topological polar surface area (TPSA) is 51.4 Å². The van der Waals surface area contributed by atoms with Crippen LogP contribution in [0.25, 0.3) is 0 Å². The summed E-state index contributed by atoms with van der Waals surface area (Å²) in [6, 6.07) is 0.0855. The van der Waals surface area contributed by atoms with Crippen LogP contribution >= 0.6 is 11.3 Å². The highest BCUT2D eigenvalue weighted by Gasteiger charge is 2.15. The Bertz CT molecular complexity index is 294. The number of nitrogens with two attached hydrogens (primary N) is 1. The molecule has 14 heavy (non-hydrogen) atoms. The van der Waals surface area contributed by atoms with Gasteiger partial charge >= 0.3 is 0 Å². The fourth-order valence-corrected chi connectivity index (χ4v) is 2.31. The molecule has 2 rings (SSSR count). The van der Waals surface area contributed by atoms with E-state index < -0.39 is 0 Å². The number of thiazole rings is 1. The van der Waals surface area contributed by atoms with E-state index >= 15 is 0 Å². The zero-order valence-electron chi connectivity index (χ0n) is 8.27. The lowest BCUT2D eigenvalue weighted by atomic mass is 10.3. The summed E-state index contributed by atoms with van der Waals surface area (Å²) in [6.07, 6.45) is 1.88. The maximum Gasteiger partial charge on any atom is 0.185 e. The zero-order valence-corrected chi connectivity index (χ0v) is 9.09. The number of nitrogens with zero attached hydrogens (tertiary/aromatic N) is 2. The fraction of sp³-hybridized carbons (Fsp3) is 0.667. The van der Waals surface area contributed by atoms with E-state index in [4.69, 9.17) is 10.5 Å². The minimum atomic E-state index is 0.0855. The maximum absolute atomic E-state index is 5.78. The molecule has 0 radical (unpaired) electrons. The van der Waals surface area contributed by atoms with Crippen LogP contribution in [0.4, 0.5) is 5.13 Å². The number of anilines is 1. The molecule has 1 aliphatic rings. The summed E-state index contributed by atoms with van der Waals surface area (Å²) in [7, 11) is 0. The predicted octanol–water partition coefficient (Wildman–Crippen LogP) is 0.999. The van der Waals surface area contributed by atoms with Crippen LogP contribution in [0.2, 0.25) is 0 Å².